The van der Waals surface area contributed by atoms with Crippen molar-refractivity contribution in [2.45, 2.75) is 19.3 Å². The van der Waals surface area contributed by atoms with Crippen LogP contribution in [0.2, 0.25) is 0 Å². The van der Waals surface area contributed by atoms with Gasteiger partial charge in [0.05, 0.1) is 17.1 Å². The average Bonchev–Trinajstić information content (AvgIpc) is 3.25. The molecular weight excluding hydrogens is 371 g/mol. The fourth-order valence-corrected chi connectivity index (χ4v) is 3.71. The predicted molar refractivity (Wildman–Crippen MR) is 111 cm³/mol. The van der Waals surface area contributed by atoms with Crippen LogP contribution in [0, 0.1) is 11.7 Å². The van der Waals surface area contributed by atoms with E-state index in [-0.39, 0.29) is 11.7 Å². The quantitative estimate of drug-likeness (QED) is 0.813. The number of nitrogens with one attached hydrogen (secondary N) is 1. The average molecular weight is 394 g/mol. The molecule has 7 nitrogen and oxygen atoms in total. The predicted octanol–water partition coefficient (Wildman–Crippen LogP) is 2.62. The molecule has 2 aliphatic rings. The number of nitrogens with zero attached hydrogens (tertiary/aromatic N) is 4. The van der Waals surface area contributed by atoms with Gasteiger partial charge < -0.3 is 16.0 Å². The van der Waals surface area contributed by atoms with E-state index in [9.17, 15) is 9.18 Å². The topological polar surface area (TPSA) is 96.5 Å². The second-order valence-corrected chi connectivity index (χ2v) is 7.24. The van der Waals surface area contributed by atoms with E-state index in [0.29, 0.717) is 54.8 Å². The summed E-state index contributed by atoms with van der Waals surface area (Å²) in [6, 6.07) is 4.74. The van der Waals surface area contributed by atoms with Gasteiger partial charge >= 0.3 is 0 Å². The maximum absolute atomic E-state index is 14.7. The zero-order valence-corrected chi connectivity index (χ0v) is 16.0. The minimum Gasteiger partial charge on any atom is -0.367 e. The molecule has 0 unspecified atom stereocenters. The van der Waals surface area contributed by atoms with Crippen LogP contribution in [0.4, 0.5) is 15.8 Å². The number of rotatable bonds is 5. The Hall–Kier alpha value is -3.13. The lowest BCUT2D eigenvalue weighted by Crippen LogP contribution is -2.37. The first-order valence-corrected chi connectivity index (χ1v) is 9.73. The van der Waals surface area contributed by atoms with Crippen molar-refractivity contribution >= 4 is 28.7 Å². The zero-order chi connectivity index (χ0) is 20.2. The fraction of sp³-hybridized carbons (Fsp3) is 0.333. The second-order valence-electron chi connectivity index (χ2n) is 7.24. The summed E-state index contributed by atoms with van der Waals surface area (Å²) in [5.74, 6) is -0.213. The number of amides is 1. The SMILES string of the molecule is NCC1CCN(c2c(F)cccc2NC(=O)C2=NC(c3cncnc3)=CC2)CC1. The van der Waals surface area contributed by atoms with Gasteiger partial charge in [-0.05, 0) is 37.4 Å². The van der Waals surface area contributed by atoms with Gasteiger partial charge in [-0.2, -0.15) is 0 Å². The standard InChI is InChI=1S/C21H23FN6O/c22-16-2-1-3-18(20(16)28-8-6-14(10-23)7-9-28)27-21(29)19-5-4-17(26-19)15-11-24-13-25-12-15/h1-4,11-14H,5-10,23H2,(H,27,29). The van der Waals surface area contributed by atoms with Crippen molar-refractivity contribution in [1.82, 2.24) is 9.97 Å². The summed E-state index contributed by atoms with van der Waals surface area (Å²) in [6.45, 7) is 2.08. The van der Waals surface area contributed by atoms with Gasteiger partial charge in [0.1, 0.15) is 17.9 Å². The Morgan fingerprint density at radius 3 is 2.72 bits per heavy atom. The molecular formula is C21H23FN6O. The number of anilines is 2. The van der Waals surface area contributed by atoms with E-state index in [2.05, 4.69) is 20.3 Å². The number of hydrogen-bond acceptors (Lipinski definition) is 6. The molecule has 2 aromatic rings. The zero-order valence-electron chi connectivity index (χ0n) is 16.0. The van der Waals surface area contributed by atoms with E-state index in [1.54, 1.807) is 24.5 Å². The molecule has 29 heavy (non-hydrogen) atoms. The van der Waals surface area contributed by atoms with Gasteiger partial charge in [-0.25, -0.2) is 19.4 Å². The number of hydrogen-bond donors (Lipinski definition) is 2. The normalized spacial score (nSPS) is 17.1. The molecule has 8 heteroatoms. The fourth-order valence-electron chi connectivity index (χ4n) is 3.71. The second kappa shape index (κ2) is 8.48. The summed E-state index contributed by atoms with van der Waals surface area (Å²) in [5, 5.41) is 2.85. The molecule has 0 saturated carbocycles. The van der Waals surface area contributed by atoms with Crippen LogP contribution >= 0.6 is 0 Å². The van der Waals surface area contributed by atoms with Gasteiger partial charge in [-0.15, -0.1) is 0 Å². The van der Waals surface area contributed by atoms with Crippen LogP contribution in [0.1, 0.15) is 24.8 Å². The number of carbonyl (C=O) groups excluding carboxylic acids is 1. The van der Waals surface area contributed by atoms with Crippen molar-refractivity contribution in [2.75, 3.05) is 29.9 Å². The summed E-state index contributed by atoms with van der Waals surface area (Å²) in [6.07, 6.45) is 8.84. The Balaban J connectivity index is 1.50. The lowest BCUT2D eigenvalue weighted by atomic mass is 9.96. The number of piperidine rings is 1. The third-order valence-corrected chi connectivity index (χ3v) is 5.36. The van der Waals surface area contributed by atoms with E-state index in [1.807, 2.05) is 11.0 Å². The van der Waals surface area contributed by atoms with Gasteiger partial charge in [-0.3, -0.25) is 4.79 Å². The first-order chi connectivity index (χ1) is 14.2. The van der Waals surface area contributed by atoms with Crippen molar-refractivity contribution in [3.63, 3.8) is 0 Å². The Labute approximate surface area is 168 Å². The molecule has 1 amide bonds. The van der Waals surface area contributed by atoms with Gasteiger partial charge in [0.2, 0.25) is 0 Å². The smallest absolute Gasteiger partial charge is 0.270 e. The van der Waals surface area contributed by atoms with E-state index in [0.717, 1.165) is 18.4 Å². The lowest BCUT2D eigenvalue weighted by Gasteiger charge is -2.34. The van der Waals surface area contributed by atoms with Gasteiger partial charge in [-0.1, -0.05) is 12.1 Å². The molecule has 0 atom stereocenters. The molecule has 150 valence electrons. The van der Waals surface area contributed by atoms with E-state index in [1.165, 1.54) is 12.4 Å². The first kappa shape index (κ1) is 19.2. The maximum atomic E-state index is 14.7. The molecule has 0 aliphatic carbocycles. The Morgan fingerprint density at radius 1 is 1.24 bits per heavy atom. The molecule has 4 rings (SSSR count). The number of nitrogens with two attached hydrogens (primary N) is 1. The van der Waals surface area contributed by atoms with Crippen molar-refractivity contribution in [2.24, 2.45) is 16.6 Å². The summed E-state index contributed by atoms with van der Waals surface area (Å²) in [7, 11) is 0. The highest BCUT2D eigenvalue weighted by atomic mass is 19.1. The number of benzene rings is 1. The van der Waals surface area contributed by atoms with Crippen molar-refractivity contribution in [1.29, 1.82) is 0 Å². The molecule has 2 aliphatic heterocycles. The van der Waals surface area contributed by atoms with Crippen molar-refractivity contribution in [3.8, 4) is 0 Å². The molecule has 1 aromatic heterocycles. The molecule has 0 spiro atoms. The number of carbonyl (C=O) groups is 1. The van der Waals surface area contributed by atoms with Crippen LogP contribution in [0.25, 0.3) is 5.70 Å². The Bertz CT molecular complexity index is 951. The molecule has 1 fully saturated rings. The highest BCUT2D eigenvalue weighted by Crippen LogP contribution is 2.33. The van der Waals surface area contributed by atoms with E-state index < -0.39 is 0 Å². The molecule has 0 bridgehead atoms. The van der Waals surface area contributed by atoms with Crippen LogP contribution in [0.3, 0.4) is 0 Å². The van der Waals surface area contributed by atoms with E-state index in [4.69, 9.17) is 5.73 Å². The molecule has 1 aromatic carbocycles. The van der Waals surface area contributed by atoms with Crippen LogP contribution < -0.4 is 16.0 Å². The number of aliphatic imine (C=N–C) groups is 1. The third-order valence-electron chi connectivity index (χ3n) is 5.36. The molecule has 0 radical (unpaired) electrons. The van der Waals surface area contributed by atoms with Crippen LogP contribution in [-0.4, -0.2) is 41.2 Å². The number of halogens is 1. The Morgan fingerprint density at radius 2 is 2.00 bits per heavy atom. The largest absolute Gasteiger partial charge is 0.367 e. The number of aromatic nitrogens is 2. The lowest BCUT2D eigenvalue weighted by molar-refractivity contribution is -0.110. The van der Waals surface area contributed by atoms with Gasteiger partial charge in [0.15, 0.2) is 0 Å². The van der Waals surface area contributed by atoms with Crippen LogP contribution in [0.15, 0.2) is 48.0 Å². The number of para-hydroxylation sites is 1. The van der Waals surface area contributed by atoms with Crippen LogP contribution in [0.5, 0.6) is 0 Å². The van der Waals surface area contributed by atoms with Crippen molar-refractivity contribution < 1.29 is 9.18 Å². The van der Waals surface area contributed by atoms with Crippen LogP contribution in [-0.2, 0) is 4.79 Å². The highest BCUT2D eigenvalue weighted by Gasteiger charge is 2.25. The third kappa shape index (κ3) is 4.17. The molecule has 3 heterocycles. The van der Waals surface area contributed by atoms with Gasteiger partial charge in [0, 0.05) is 37.5 Å². The summed E-state index contributed by atoms with van der Waals surface area (Å²) in [5.41, 5.74) is 8.45. The van der Waals surface area contributed by atoms with E-state index >= 15 is 0 Å². The number of allylic oxidation sites excluding steroid dienone is 1. The van der Waals surface area contributed by atoms with Gasteiger partial charge in [0.25, 0.3) is 5.91 Å². The molecule has 1 saturated heterocycles. The van der Waals surface area contributed by atoms with Crippen molar-refractivity contribution in [3.05, 3.63) is 54.4 Å². The summed E-state index contributed by atoms with van der Waals surface area (Å²) >= 11 is 0. The maximum Gasteiger partial charge on any atom is 0.270 e. The first-order valence-electron chi connectivity index (χ1n) is 9.73. The highest BCUT2D eigenvalue weighted by molar-refractivity contribution is 6.45. The minimum absolute atomic E-state index is 0.336. The summed E-state index contributed by atoms with van der Waals surface area (Å²) in [4.78, 5) is 27.1. The molecule has 3 N–H and O–H groups in total. The Kier molecular flexibility index (Phi) is 5.62. The summed E-state index contributed by atoms with van der Waals surface area (Å²) < 4.78 is 14.7. The minimum atomic E-state index is -0.345. The monoisotopic (exact) mass is 394 g/mol.